The molecule has 0 spiro atoms. The number of benzene rings is 2. The van der Waals surface area contributed by atoms with Gasteiger partial charge in [-0.1, -0.05) is 12.1 Å². The molecular weight excluding hydrogens is 415 g/mol. The van der Waals surface area contributed by atoms with Crippen molar-refractivity contribution in [2.24, 2.45) is 0 Å². The van der Waals surface area contributed by atoms with E-state index in [-0.39, 0.29) is 17.0 Å². The number of aliphatic hydroxyl groups is 1. The lowest BCUT2D eigenvalue weighted by molar-refractivity contribution is -0.132. The molecule has 5 rings (SSSR count). The number of aromatic nitrogens is 1. The first-order chi connectivity index (χ1) is 15.5. The monoisotopic (exact) mass is 432 g/mol. The van der Waals surface area contributed by atoms with E-state index in [1.807, 2.05) is 0 Å². The molecule has 0 saturated carbocycles. The maximum Gasteiger partial charge on any atom is 0.300 e. The number of hydrogen-bond acceptors (Lipinski definition) is 6. The fourth-order valence-electron chi connectivity index (χ4n) is 3.92. The minimum absolute atomic E-state index is 0.121. The maximum absolute atomic E-state index is 13.9. The number of ketones is 1. The van der Waals surface area contributed by atoms with Crippen molar-refractivity contribution in [1.29, 1.82) is 0 Å². The zero-order chi connectivity index (χ0) is 22.2. The van der Waals surface area contributed by atoms with E-state index in [9.17, 15) is 19.1 Å². The minimum atomic E-state index is -0.987. The number of anilines is 1. The Hall–Kier alpha value is -4.20. The second kappa shape index (κ2) is 7.81. The third kappa shape index (κ3) is 3.26. The van der Waals surface area contributed by atoms with Crippen molar-refractivity contribution in [3.63, 3.8) is 0 Å². The Kier molecular flexibility index (Phi) is 4.82. The lowest BCUT2D eigenvalue weighted by Crippen LogP contribution is -2.29. The predicted octanol–water partition coefficient (Wildman–Crippen LogP) is 3.62. The summed E-state index contributed by atoms with van der Waals surface area (Å²) in [6.45, 7) is 0.773. The third-order valence-corrected chi connectivity index (χ3v) is 5.35. The van der Waals surface area contributed by atoms with E-state index >= 15 is 0 Å². The Morgan fingerprint density at radius 3 is 2.59 bits per heavy atom. The van der Waals surface area contributed by atoms with Gasteiger partial charge in [-0.3, -0.25) is 19.5 Å². The van der Waals surface area contributed by atoms with Crippen LogP contribution in [0.1, 0.15) is 17.2 Å². The summed E-state index contributed by atoms with van der Waals surface area (Å²) in [4.78, 5) is 31.4. The number of aliphatic hydroxyl groups excluding tert-OH is 1. The molecule has 32 heavy (non-hydrogen) atoms. The molecule has 1 aromatic heterocycles. The molecule has 3 aromatic rings. The number of nitrogens with zero attached hydrogens (tertiary/aromatic N) is 2. The maximum atomic E-state index is 13.9. The normalized spacial score (nSPS) is 19.3. The molecule has 7 nitrogen and oxygen atoms in total. The summed E-state index contributed by atoms with van der Waals surface area (Å²) in [5.74, 6) is -1.72. The molecule has 2 aromatic carbocycles. The molecular formula is C24H17FN2O5. The van der Waals surface area contributed by atoms with Crippen LogP contribution >= 0.6 is 0 Å². The molecule has 1 saturated heterocycles. The number of Topliss-reactive ketones (excluding diaryl/α,β-unsaturated/α-hetero) is 1. The van der Waals surface area contributed by atoms with Crippen molar-refractivity contribution in [1.82, 2.24) is 4.98 Å². The van der Waals surface area contributed by atoms with Crippen LogP contribution in [0.25, 0.3) is 5.76 Å². The first-order valence-electron chi connectivity index (χ1n) is 9.91. The van der Waals surface area contributed by atoms with Crippen LogP contribution in [0.2, 0.25) is 0 Å². The van der Waals surface area contributed by atoms with Gasteiger partial charge >= 0.3 is 0 Å². The van der Waals surface area contributed by atoms with E-state index < -0.39 is 23.5 Å². The number of pyridine rings is 1. The Morgan fingerprint density at radius 1 is 1.03 bits per heavy atom. The van der Waals surface area contributed by atoms with Crippen molar-refractivity contribution in [2.75, 3.05) is 18.1 Å². The second-order valence-electron chi connectivity index (χ2n) is 7.29. The van der Waals surface area contributed by atoms with E-state index in [0.29, 0.717) is 35.8 Å². The number of amides is 1. The predicted molar refractivity (Wildman–Crippen MR) is 113 cm³/mol. The zero-order valence-electron chi connectivity index (χ0n) is 16.7. The highest BCUT2D eigenvalue weighted by molar-refractivity contribution is 6.51. The van der Waals surface area contributed by atoms with Gasteiger partial charge in [-0.15, -0.1) is 0 Å². The molecule has 0 aliphatic carbocycles. The lowest BCUT2D eigenvalue weighted by Gasteiger charge is -2.25. The van der Waals surface area contributed by atoms with Gasteiger partial charge in [0.05, 0.1) is 11.6 Å². The smallest absolute Gasteiger partial charge is 0.300 e. The molecule has 1 fully saturated rings. The number of ether oxygens (including phenoxy) is 2. The van der Waals surface area contributed by atoms with E-state index in [0.717, 1.165) is 0 Å². The molecule has 160 valence electrons. The number of carbonyl (C=O) groups is 2. The number of carbonyl (C=O) groups excluding carboxylic acids is 2. The van der Waals surface area contributed by atoms with Gasteiger partial charge in [0.1, 0.15) is 24.8 Å². The summed E-state index contributed by atoms with van der Waals surface area (Å²) in [6.07, 6.45) is 3.05. The van der Waals surface area contributed by atoms with Crippen LogP contribution in [0, 0.1) is 5.82 Å². The Bertz CT molecular complexity index is 1260. The molecule has 2 aliphatic rings. The van der Waals surface area contributed by atoms with Gasteiger partial charge in [0.15, 0.2) is 11.5 Å². The second-order valence-corrected chi connectivity index (χ2v) is 7.29. The quantitative estimate of drug-likeness (QED) is 0.386. The average molecular weight is 432 g/mol. The summed E-state index contributed by atoms with van der Waals surface area (Å²) in [5, 5.41) is 11.2. The van der Waals surface area contributed by atoms with Crippen LogP contribution in [0.3, 0.4) is 0 Å². The number of hydrogen-bond donors (Lipinski definition) is 1. The van der Waals surface area contributed by atoms with Crippen LogP contribution in [0.4, 0.5) is 10.1 Å². The molecule has 1 amide bonds. The molecule has 3 heterocycles. The standard InChI is InChI=1S/C24H17FN2O5/c25-16-4-1-5-17(12-16)27-21(15-3-2-8-26-13-15)20(23(29)24(27)30)22(28)14-6-7-18-19(11-14)32-10-9-31-18/h1-8,11-13,21,28H,9-10H2/b22-20-. The van der Waals surface area contributed by atoms with Gasteiger partial charge in [-0.2, -0.15) is 0 Å². The largest absolute Gasteiger partial charge is 0.507 e. The highest BCUT2D eigenvalue weighted by Gasteiger charge is 2.47. The highest BCUT2D eigenvalue weighted by Crippen LogP contribution is 2.43. The van der Waals surface area contributed by atoms with Gasteiger partial charge in [-0.25, -0.2) is 4.39 Å². The van der Waals surface area contributed by atoms with Crippen LogP contribution in [-0.4, -0.2) is 35.0 Å². The van der Waals surface area contributed by atoms with Crippen LogP contribution in [-0.2, 0) is 9.59 Å². The van der Waals surface area contributed by atoms with E-state index in [2.05, 4.69) is 4.98 Å². The topological polar surface area (TPSA) is 89.0 Å². The van der Waals surface area contributed by atoms with Crippen LogP contribution in [0.5, 0.6) is 11.5 Å². The fraction of sp³-hybridized carbons (Fsp3) is 0.125. The van der Waals surface area contributed by atoms with Gasteiger partial charge < -0.3 is 14.6 Å². The molecule has 0 radical (unpaired) electrons. The van der Waals surface area contributed by atoms with E-state index in [1.54, 1.807) is 36.5 Å². The SMILES string of the molecule is O=C1C(=O)N(c2cccc(F)c2)C(c2cccnc2)/C1=C(/O)c1ccc2c(c1)OCCO2. The Labute approximate surface area is 182 Å². The molecule has 2 aliphatic heterocycles. The zero-order valence-corrected chi connectivity index (χ0v) is 16.7. The Balaban J connectivity index is 1.69. The molecule has 0 bridgehead atoms. The van der Waals surface area contributed by atoms with Gasteiger partial charge in [0, 0.05) is 23.6 Å². The van der Waals surface area contributed by atoms with Gasteiger partial charge in [0.25, 0.3) is 11.7 Å². The van der Waals surface area contributed by atoms with Crippen molar-refractivity contribution >= 4 is 23.1 Å². The van der Waals surface area contributed by atoms with Gasteiger partial charge in [0.2, 0.25) is 0 Å². The van der Waals surface area contributed by atoms with Crippen molar-refractivity contribution < 1.29 is 28.6 Å². The van der Waals surface area contributed by atoms with Gasteiger partial charge in [-0.05, 0) is 48.0 Å². The molecule has 1 atom stereocenters. The average Bonchev–Trinajstić information content (AvgIpc) is 3.09. The van der Waals surface area contributed by atoms with Crippen LogP contribution < -0.4 is 14.4 Å². The van der Waals surface area contributed by atoms with Crippen molar-refractivity contribution in [3.05, 3.63) is 89.5 Å². The number of halogens is 1. The van der Waals surface area contributed by atoms with E-state index in [1.165, 1.54) is 35.4 Å². The lowest BCUT2D eigenvalue weighted by atomic mass is 9.96. The summed E-state index contributed by atoms with van der Waals surface area (Å²) < 4.78 is 25.0. The number of fused-ring (bicyclic) bond motifs is 1. The summed E-state index contributed by atoms with van der Waals surface area (Å²) >= 11 is 0. The number of rotatable bonds is 3. The minimum Gasteiger partial charge on any atom is -0.507 e. The summed E-state index contributed by atoms with van der Waals surface area (Å²) in [5.41, 5.74) is 0.863. The van der Waals surface area contributed by atoms with Crippen molar-refractivity contribution in [3.8, 4) is 11.5 Å². The van der Waals surface area contributed by atoms with Crippen molar-refractivity contribution in [2.45, 2.75) is 6.04 Å². The summed E-state index contributed by atoms with van der Waals surface area (Å²) in [7, 11) is 0. The van der Waals surface area contributed by atoms with E-state index in [4.69, 9.17) is 9.47 Å². The van der Waals surface area contributed by atoms with Crippen LogP contribution in [0.15, 0.2) is 72.6 Å². The first kappa shape index (κ1) is 19.7. The molecule has 1 N–H and O–H groups in total. The first-order valence-corrected chi connectivity index (χ1v) is 9.91. The highest BCUT2D eigenvalue weighted by atomic mass is 19.1. The fourth-order valence-corrected chi connectivity index (χ4v) is 3.92. The molecule has 1 unspecified atom stereocenters. The Morgan fingerprint density at radius 2 is 1.84 bits per heavy atom. The third-order valence-electron chi connectivity index (χ3n) is 5.35. The summed E-state index contributed by atoms with van der Waals surface area (Å²) in [6, 6.07) is 12.5. The molecule has 8 heteroatoms.